The molecule has 0 amide bonds. The maximum Gasteiger partial charge on any atom is 0.339 e. The fraction of sp³-hybridized carbons (Fsp3) is 0.389. The van der Waals surface area contributed by atoms with Gasteiger partial charge in [0.25, 0.3) is 0 Å². The molecule has 1 aromatic carbocycles. The fourth-order valence-corrected chi connectivity index (χ4v) is 3.05. The van der Waals surface area contributed by atoms with Gasteiger partial charge < -0.3 is 9.84 Å². The van der Waals surface area contributed by atoms with Crippen molar-refractivity contribution < 1.29 is 14.6 Å². The number of ether oxygens (including phenoxy) is 1. The van der Waals surface area contributed by atoms with Crippen molar-refractivity contribution in [3.05, 3.63) is 41.9 Å². The van der Waals surface area contributed by atoms with Crippen LogP contribution in [0.15, 0.2) is 30.5 Å². The smallest absolute Gasteiger partial charge is 0.339 e. The van der Waals surface area contributed by atoms with E-state index in [1.165, 1.54) is 12.8 Å². The predicted octanol–water partition coefficient (Wildman–Crippen LogP) is 3.90. The molecule has 5 nitrogen and oxygen atoms in total. The summed E-state index contributed by atoms with van der Waals surface area (Å²) in [5, 5.41) is 9.38. The largest absolute Gasteiger partial charge is 0.493 e. The summed E-state index contributed by atoms with van der Waals surface area (Å²) in [6.45, 7) is 2.26. The number of carboxylic acid groups (broad SMARTS) is 1. The summed E-state index contributed by atoms with van der Waals surface area (Å²) in [5.74, 6) is 0.677. The first kappa shape index (κ1) is 15.5. The molecule has 0 radical (unpaired) electrons. The minimum atomic E-state index is -1.000. The lowest BCUT2D eigenvalue weighted by Gasteiger charge is -2.11. The normalized spacial score (nSPS) is 14.8. The molecule has 1 aromatic heterocycles. The first-order chi connectivity index (χ1) is 11.2. The molecule has 0 spiro atoms. The van der Waals surface area contributed by atoms with E-state index in [4.69, 9.17) is 4.74 Å². The predicted molar refractivity (Wildman–Crippen MR) is 86.8 cm³/mol. The Morgan fingerprint density at radius 3 is 2.78 bits per heavy atom. The summed E-state index contributed by atoms with van der Waals surface area (Å²) in [6.07, 6.45) is 6.47. The molecule has 0 bridgehead atoms. The van der Waals surface area contributed by atoms with E-state index in [2.05, 4.69) is 9.97 Å². The van der Waals surface area contributed by atoms with E-state index in [0.29, 0.717) is 18.3 Å². The highest BCUT2D eigenvalue weighted by Gasteiger charge is 2.20. The van der Waals surface area contributed by atoms with Gasteiger partial charge in [-0.25, -0.2) is 14.8 Å². The number of hydrogen-bond acceptors (Lipinski definition) is 4. The van der Waals surface area contributed by atoms with E-state index in [9.17, 15) is 9.90 Å². The number of carbonyl (C=O) groups is 1. The minimum absolute atomic E-state index is 0.158. The zero-order valence-electron chi connectivity index (χ0n) is 13.2. The number of aromatic carboxylic acids is 1. The Morgan fingerprint density at radius 1 is 1.30 bits per heavy atom. The maximum atomic E-state index is 11.4. The van der Waals surface area contributed by atoms with Gasteiger partial charge in [0, 0.05) is 17.7 Å². The van der Waals surface area contributed by atoms with Crippen LogP contribution in [0.2, 0.25) is 0 Å². The minimum Gasteiger partial charge on any atom is -0.493 e. The lowest BCUT2D eigenvalue weighted by atomic mass is 10.0. The number of nitrogens with zero attached hydrogens (tertiary/aromatic N) is 2. The summed E-state index contributed by atoms with van der Waals surface area (Å²) in [7, 11) is 0. The second-order valence-corrected chi connectivity index (χ2v) is 5.73. The van der Waals surface area contributed by atoms with E-state index in [1.54, 1.807) is 18.3 Å². The molecule has 0 saturated heterocycles. The van der Waals surface area contributed by atoms with Gasteiger partial charge in [-0.15, -0.1) is 0 Å². The lowest BCUT2D eigenvalue weighted by Crippen LogP contribution is -2.04. The second-order valence-electron chi connectivity index (χ2n) is 5.73. The molecule has 23 heavy (non-hydrogen) atoms. The molecule has 0 unspecified atom stereocenters. The Bertz CT molecular complexity index is 709. The molecule has 1 fully saturated rings. The Balaban J connectivity index is 1.96. The van der Waals surface area contributed by atoms with Crippen molar-refractivity contribution in [3.8, 4) is 17.0 Å². The van der Waals surface area contributed by atoms with Crippen LogP contribution >= 0.6 is 0 Å². The molecule has 1 saturated carbocycles. The summed E-state index contributed by atoms with van der Waals surface area (Å²) in [4.78, 5) is 20.5. The molecule has 2 aromatic rings. The number of hydrogen-bond donors (Lipinski definition) is 1. The average Bonchev–Trinajstić information content (AvgIpc) is 3.10. The van der Waals surface area contributed by atoms with Crippen molar-refractivity contribution >= 4 is 5.97 Å². The lowest BCUT2D eigenvalue weighted by molar-refractivity contribution is 0.0692. The first-order valence-corrected chi connectivity index (χ1v) is 8.02. The standard InChI is InChI=1S/C18H20N2O3/c1-2-23-16-8-7-13(11-14(16)18(21)22)15-9-10-19-17(20-15)12-5-3-4-6-12/h7-12H,2-6H2,1H3,(H,21,22). The van der Waals surface area contributed by atoms with Crippen LogP contribution in [0.3, 0.4) is 0 Å². The van der Waals surface area contributed by atoms with E-state index in [-0.39, 0.29) is 5.56 Å². The molecule has 3 rings (SSSR count). The summed E-state index contributed by atoms with van der Waals surface area (Å²) < 4.78 is 5.38. The van der Waals surface area contributed by atoms with Crippen molar-refractivity contribution in [2.75, 3.05) is 6.61 Å². The molecule has 5 heteroatoms. The Labute approximate surface area is 135 Å². The van der Waals surface area contributed by atoms with Crippen molar-refractivity contribution in [3.63, 3.8) is 0 Å². The monoisotopic (exact) mass is 312 g/mol. The molecule has 0 atom stereocenters. The first-order valence-electron chi connectivity index (χ1n) is 8.02. The fourth-order valence-electron chi connectivity index (χ4n) is 3.05. The van der Waals surface area contributed by atoms with Gasteiger partial charge in [-0.3, -0.25) is 0 Å². The van der Waals surface area contributed by atoms with Crippen LogP contribution in [0.5, 0.6) is 5.75 Å². The number of benzene rings is 1. The molecular formula is C18H20N2O3. The van der Waals surface area contributed by atoms with E-state index in [0.717, 1.165) is 29.9 Å². The molecular weight excluding hydrogens is 292 g/mol. The molecule has 1 heterocycles. The average molecular weight is 312 g/mol. The highest BCUT2D eigenvalue weighted by molar-refractivity contribution is 5.92. The van der Waals surface area contributed by atoms with Crippen LogP contribution in [0.1, 0.15) is 54.7 Å². The Hall–Kier alpha value is -2.43. The zero-order chi connectivity index (χ0) is 16.2. The Morgan fingerprint density at radius 2 is 2.09 bits per heavy atom. The highest BCUT2D eigenvalue weighted by atomic mass is 16.5. The van der Waals surface area contributed by atoms with Crippen molar-refractivity contribution in [2.45, 2.75) is 38.5 Å². The van der Waals surface area contributed by atoms with Gasteiger partial charge in [0.15, 0.2) is 0 Å². The van der Waals surface area contributed by atoms with Crippen molar-refractivity contribution in [1.29, 1.82) is 0 Å². The highest BCUT2D eigenvalue weighted by Crippen LogP contribution is 2.33. The Kier molecular flexibility index (Phi) is 4.55. The van der Waals surface area contributed by atoms with Crippen LogP contribution in [-0.4, -0.2) is 27.7 Å². The van der Waals surface area contributed by atoms with Crippen molar-refractivity contribution in [2.24, 2.45) is 0 Å². The van der Waals surface area contributed by atoms with Gasteiger partial charge in [0.05, 0.1) is 12.3 Å². The van der Waals surface area contributed by atoms with Crippen molar-refractivity contribution in [1.82, 2.24) is 9.97 Å². The number of rotatable bonds is 5. The van der Waals surface area contributed by atoms with Crippen LogP contribution in [-0.2, 0) is 0 Å². The summed E-state index contributed by atoms with van der Waals surface area (Å²) >= 11 is 0. The summed E-state index contributed by atoms with van der Waals surface area (Å²) in [5.41, 5.74) is 1.69. The number of aromatic nitrogens is 2. The number of carboxylic acids is 1. The van der Waals surface area contributed by atoms with E-state index in [1.807, 2.05) is 19.1 Å². The van der Waals surface area contributed by atoms with Crippen LogP contribution in [0, 0.1) is 0 Å². The maximum absolute atomic E-state index is 11.4. The molecule has 1 aliphatic rings. The van der Waals surface area contributed by atoms with Crippen LogP contribution < -0.4 is 4.74 Å². The SMILES string of the molecule is CCOc1ccc(-c2ccnc(C3CCCC3)n2)cc1C(=O)O. The van der Waals surface area contributed by atoms with Gasteiger partial charge in [-0.2, -0.15) is 0 Å². The van der Waals surface area contributed by atoms with Gasteiger partial charge in [-0.1, -0.05) is 12.8 Å². The van der Waals surface area contributed by atoms with Gasteiger partial charge in [0.1, 0.15) is 17.1 Å². The topological polar surface area (TPSA) is 72.3 Å². The molecule has 1 aliphatic carbocycles. The quantitative estimate of drug-likeness (QED) is 0.906. The van der Waals surface area contributed by atoms with Gasteiger partial charge in [0.2, 0.25) is 0 Å². The molecule has 120 valence electrons. The van der Waals surface area contributed by atoms with E-state index < -0.39 is 5.97 Å². The summed E-state index contributed by atoms with van der Waals surface area (Å²) in [6, 6.07) is 6.98. The van der Waals surface area contributed by atoms with Crippen LogP contribution in [0.4, 0.5) is 0 Å². The third kappa shape index (κ3) is 3.33. The molecule has 1 N–H and O–H groups in total. The van der Waals surface area contributed by atoms with E-state index >= 15 is 0 Å². The van der Waals surface area contributed by atoms with Gasteiger partial charge in [-0.05, 0) is 44.0 Å². The van der Waals surface area contributed by atoms with Gasteiger partial charge >= 0.3 is 5.97 Å². The third-order valence-corrected chi connectivity index (χ3v) is 4.20. The van der Waals surface area contributed by atoms with Crippen LogP contribution in [0.25, 0.3) is 11.3 Å². The zero-order valence-corrected chi connectivity index (χ0v) is 13.2. The third-order valence-electron chi connectivity index (χ3n) is 4.20. The molecule has 0 aliphatic heterocycles. The second kappa shape index (κ2) is 6.77.